The van der Waals surface area contributed by atoms with Crippen molar-refractivity contribution in [2.45, 2.75) is 25.8 Å². The minimum Gasteiger partial charge on any atom is -0.494 e. The SMILES string of the molecule is C=CC(=O)Nc1cc(Nc2nccc(C3CN(C(C)C)c4ccccc43)n2)c(OC)cc1N(C)CCN(C)C. The molecule has 1 aliphatic heterocycles. The normalized spacial score (nSPS) is 14.4. The summed E-state index contributed by atoms with van der Waals surface area (Å²) in [6.45, 7) is 10.5. The molecule has 1 aromatic heterocycles. The van der Waals surface area contributed by atoms with Crippen molar-refractivity contribution in [1.29, 1.82) is 0 Å². The van der Waals surface area contributed by atoms with Crippen LogP contribution in [0.2, 0.25) is 0 Å². The van der Waals surface area contributed by atoms with Crippen molar-refractivity contribution in [3.05, 3.63) is 72.6 Å². The maximum Gasteiger partial charge on any atom is 0.247 e. The average molecular weight is 530 g/mol. The Bertz CT molecular complexity index is 1320. The summed E-state index contributed by atoms with van der Waals surface area (Å²) < 4.78 is 5.74. The van der Waals surface area contributed by atoms with E-state index < -0.39 is 0 Å². The van der Waals surface area contributed by atoms with Crippen LogP contribution in [0.4, 0.5) is 28.7 Å². The molecule has 2 heterocycles. The first-order chi connectivity index (χ1) is 18.7. The molecule has 1 unspecified atom stereocenters. The minimum absolute atomic E-state index is 0.143. The Morgan fingerprint density at radius 3 is 2.64 bits per heavy atom. The minimum atomic E-state index is -0.291. The fourth-order valence-corrected chi connectivity index (χ4v) is 4.83. The topological polar surface area (TPSA) is 85.9 Å². The van der Waals surface area contributed by atoms with Crippen LogP contribution in [0.3, 0.4) is 0 Å². The maximum absolute atomic E-state index is 12.3. The van der Waals surface area contributed by atoms with E-state index in [9.17, 15) is 4.79 Å². The third-order valence-electron chi connectivity index (χ3n) is 6.96. The number of fused-ring (bicyclic) bond motifs is 1. The predicted molar refractivity (Wildman–Crippen MR) is 160 cm³/mol. The molecule has 1 aliphatic rings. The number of rotatable bonds is 11. The molecule has 2 N–H and O–H groups in total. The predicted octanol–water partition coefficient (Wildman–Crippen LogP) is 4.71. The second kappa shape index (κ2) is 12.2. The second-order valence-electron chi connectivity index (χ2n) is 10.3. The fraction of sp³-hybridized carbons (Fsp3) is 0.367. The number of hydrogen-bond acceptors (Lipinski definition) is 8. The molecule has 39 heavy (non-hydrogen) atoms. The first-order valence-electron chi connectivity index (χ1n) is 13.2. The number of hydrogen-bond donors (Lipinski definition) is 2. The molecule has 0 fully saturated rings. The van der Waals surface area contributed by atoms with E-state index in [1.165, 1.54) is 17.3 Å². The molecule has 3 aromatic rings. The van der Waals surface area contributed by atoms with Crippen LogP contribution in [0.1, 0.15) is 31.0 Å². The van der Waals surface area contributed by atoms with Gasteiger partial charge < -0.3 is 30.1 Å². The molecule has 206 valence electrons. The standard InChI is InChI=1S/C30H39N7O2/c1-8-29(38)32-24-17-25(28(39-7)18-27(24)36(6)16-15-35(4)5)34-30-31-14-13-23(33-30)22-19-37(20(2)3)26-12-10-9-11-21(22)26/h8-14,17-18,20,22H,1,15-16,19H2,2-7H3,(H,32,38)(H,31,33,34). The van der Waals surface area contributed by atoms with Gasteiger partial charge in [-0.25, -0.2) is 9.97 Å². The van der Waals surface area contributed by atoms with Crippen LogP contribution in [0.25, 0.3) is 0 Å². The molecule has 0 bridgehead atoms. The van der Waals surface area contributed by atoms with E-state index in [-0.39, 0.29) is 11.8 Å². The molecule has 0 saturated heterocycles. The number of amides is 1. The quantitative estimate of drug-likeness (QED) is 0.346. The van der Waals surface area contributed by atoms with Gasteiger partial charge in [0.05, 0.1) is 29.9 Å². The van der Waals surface area contributed by atoms with Gasteiger partial charge in [0.25, 0.3) is 0 Å². The second-order valence-corrected chi connectivity index (χ2v) is 10.3. The van der Waals surface area contributed by atoms with E-state index in [0.717, 1.165) is 31.0 Å². The third-order valence-corrected chi connectivity index (χ3v) is 6.96. The molecule has 0 spiro atoms. The highest BCUT2D eigenvalue weighted by Crippen LogP contribution is 2.41. The molecule has 4 rings (SSSR count). The van der Waals surface area contributed by atoms with Crippen LogP contribution in [0, 0.1) is 0 Å². The smallest absolute Gasteiger partial charge is 0.247 e. The molecule has 9 heteroatoms. The number of nitrogens with zero attached hydrogens (tertiary/aromatic N) is 5. The summed E-state index contributed by atoms with van der Waals surface area (Å²) in [5, 5.41) is 6.26. The zero-order chi connectivity index (χ0) is 28.1. The number of methoxy groups -OCH3 is 1. The van der Waals surface area contributed by atoms with Gasteiger partial charge in [0.15, 0.2) is 0 Å². The highest BCUT2D eigenvalue weighted by molar-refractivity contribution is 6.02. The molecule has 2 aromatic carbocycles. The maximum atomic E-state index is 12.3. The summed E-state index contributed by atoms with van der Waals surface area (Å²) in [7, 11) is 7.67. The van der Waals surface area contributed by atoms with E-state index in [1.54, 1.807) is 13.3 Å². The Morgan fingerprint density at radius 1 is 1.18 bits per heavy atom. The zero-order valence-corrected chi connectivity index (χ0v) is 23.7. The summed E-state index contributed by atoms with van der Waals surface area (Å²) in [4.78, 5) is 28.3. The van der Waals surface area contributed by atoms with Crippen LogP contribution >= 0.6 is 0 Å². The number of aromatic nitrogens is 2. The zero-order valence-electron chi connectivity index (χ0n) is 23.7. The highest BCUT2D eigenvalue weighted by atomic mass is 16.5. The molecular formula is C30H39N7O2. The van der Waals surface area contributed by atoms with Crippen molar-refractivity contribution in [2.24, 2.45) is 0 Å². The number of ether oxygens (including phenoxy) is 1. The number of benzene rings is 2. The Morgan fingerprint density at radius 2 is 1.95 bits per heavy atom. The first kappa shape index (κ1) is 27.9. The van der Waals surface area contributed by atoms with Crippen molar-refractivity contribution in [3.8, 4) is 5.75 Å². The van der Waals surface area contributed by atoms with Crippen molar-refractivity contribution in [1.82, 2.24) is 14.9 Å². The van der Waals surface area contributed by atoms with Crippen LogP contribution in [-0.2, 0) is 4.79 Å². The lowest BCUT2D eigenvalue weighted by Gasteiger charge is -2.26. The molecule has 0 saturated carbocycles. The Hall–Kier alpha value is -4.11. The van der Waals surface area contributed by atoms with Gasteiger partial charge in [0, 0.05) is 56.6 Å². The van der Waals surface area contributed by atoms with E-state index >= 15 is 0 Å². The molecule has 1 atom stereocenters. The van der Waals surface area contributed by atoms with Crippen LogP contribution in [-0.4, -0.2) is 74.7 Å². The summed E-state index contributed by atoms with van der Waals surface area (Å²) >= 11 is 0. The lowest BCUT2D eigenvalue weighted by atomic mass is 9.98. The number of likely N-dealkylation sites (N-methyl/N-ethyl adjacent to an activating group) is 2. The van der Waals surface area contributed by atoms with Crippen molar-refractivity contribution >= 4 is 34.6 Å². The molecular weight excluding hydrogens is 490 g/mol. The monoisotopic (exact) mass is 529 g/mol. The summed E-state index contributed by atoms with van der Waals surface area (Å²) in [5.41, 5.74) is 5.59. The number of nitrogens with one attached hydrogen (secondary N) is 2. The van der Waals surface area contributed by atoms with Crippen molar-refractivity contribution in [2.75, 3.05) is 68.3 Å². The number of anilines is 5. The molecule has 0 aliphatic carbocycles. The van der Waals surface area contributed by atoms with Gasteiger partial charge >= 0.3 is 0 Å². The Balaban J connectivity index is 1.66. The van der Waals surface area contributed by atoms with Crippen LogP contribution < -0.4 is 25.2 Å². The van der Waals surface area contributed by atoms with Crippen molar-refractivity contribution in [3.63, 3.8) is 0 Å². The fourth-order valence-electron chi connectivity index (χ4n) is 4.83. The Kier molecular flexibility index (Phi) is 8.71. The summed E-state index contributed by atoms with van der Waals surface area (Å²) in [6.07, 6.45) is 3.04. The van der Waals surface area contributed by atoms with E-state index in [4.69, 9.17) is 9.72 Å². The average Bonchev–Trinajstić information content (AvgIpc) is 3.32. The molecule has 9 nitrogen and oxygen atoms in total. The van der Waals surface area contributed by atoms with Gasteiger partial charge in [-0.1, -0.05) is 24.8 Å². The summed E-state index contributed by atoms with van der Waals surface area (Å²) in [5.74, 6) is 0.927. The third kappa shape index (κ3) is 6.31. The largest absolute Gasteiger partial charge is 0.494 e. The van der Waals surface area contributed by atoms with Gasteiger partial charge in [-0.2, -0.15) is 0 Å². The first-order valence-corrected chi connectivity index (χ1v) is 13.2. The van der Waals surface area contributed by atoms with Gasteiger partial charge in [-0.05, 0) is 57.8 Å². The van der Waals surface area contributed by atoms with Gasteiger partial charge in [-0.15, -0.1) is 0 Å². The number of carbonyl (C=O) groups excluding carboxylic acids is 1. The van der Waals surface area contributed by atoms with Gasteiger partial charge in [0.1, 0.15) is 5.75 Å². The summed E-state index contributed by atoms with van der Waals surface area (Å²) in [6, 6.07) is 14.6. The van der Waals surface area contributed by atoms with Crippen molar-refractivity contribution < 1.29 is 9.53 Å². The van der Waals surface area contributed by atoms with E-state index in [1.807, 2.05) is 39.3 Å². The lowest BCUT2D eigenvalue weighted by molar-refractivity contribution is -0.111. The van der Waals surface area contributed by atoms with Crippen LogP contribution in [0.15, 0.2) is 61.3 Å². The molecule has 0 radical (unpaired) electrons. The molecule has 1 amide bonds. The van der Waals surface area contributed by atoms with E-state index in [0.29, 0.717) is 29.1 Å². The van der Waals surface area contributed by atoms with Crippen LogP contribution in [0.5, 0.6) is 5.75 Å². The van der Waals surface area contributed by atoms with Gasteiger partial charge in [0.2, 0.25) is 11.9 Å². The number of carbonyl (C=O) groups is 1. The van der Waals surface area contributed by atoms with E-state index in [2.05, 4.69) is 75.0 Å². The Labute approximate surface area is 231 Å². The lowest BCUT2D eigenvalue weighted by Crippen LogP contribution is -2.29. The van der Waals surface area contributed by atoms with Gasteiger partial charge in [-0.3, -0.25) is 4.79 Å². The number of para-hydroxylation sites is 1. The highest BCUT2D eigenvalue weighted by Gasteiger charge is 2.31.